The van der Waals surface area contributed by atoms with E-state index in [1.807, 2.05) is 12.1 Å². The molecule has 4 aliphatic carbocycles. The van der Waals surface area contributed by atoms with Crippen molar-refractivity contribution in [1.29, 1.82) is 0 Å². The van der Waals surface area contributed by atoms with Crippen LogP contribution in [-0.4, -0.2) is 9.55 Å². The van der Waals surface area contributed by atoms with Crippen molar-refractivity contribution in [3.8, 4) is 17.3 Å². The number of hydrogen-bond donors (Lipinski definition) is 0. The zero-order chi connectivity index (χ0) is 49.4. The quantitative estimate of drug-likeness (QED) is 0.118. The van der Waals surface area contributed by atoms with Crippen LogP contribution in [0.2, 0.25) is 0 Å². The molecule has 0 N–H and O–H groups in total. The summed E-state index contributed by atoms with van der Waals surface area (Å²) in [6.45, 7) is 16.1. The van der Waals surface area contributed by atoms with E-state index in [-0.39, 0.29) is 37.3 Å². The summed E-state index contributed by atoms with van der Waals surface area (Å²) >= 11 is 0. The smallest absolute Gasteiger partial charge is 0.135 e. The molecule has 372 valence electrons. The molecule has 4 fully saturated rings. The van der Waals surface area contributed by atoms with Gasteiger partial charge in [0.05, 0.1) is 0 Å². The first kappa shape index (κ1) is 47.1. The minimum Gasteiger partial charge on any atom is -0.509 e. The van der Waals surface area contributed by atoms with Crippen molar-refractivity contribution in [3.05, 3.63) is 211 Å². The van der Waals surface area contributed by atoms with E-state index < -0.39 is 0 Å². The average Bonchev–Trinajstić information content (AvgIpc) is 3.94. The molecule has 6 heteroatoms. The molecule has 0 unspecified atom stereocenters. The molecule has 0 spiro atoms. The summed E-state index contributed by atoms with van der Waals surface area (Å²) in [6.07, 6.45) is 8.66. The molecule has 0 atom stereocenters. The Morgan fingerprint density at radius 3 is 1.92 bits per heavy atom. The molecule has 3 heterocycles. The zero-order valence-corrected chi connectivity index (χ0v) is 45.4. The minimum atomic E-state index is -0.125. The number of hydrogen-bond acceptors (Lipinski definition) is 4. The van der Waals surface area contributed by atoms with E-state index in [9.17, 15) is 0 Å². The first-order valence-corrected chi connectivity index (χ1v) is 26.6. The molecule has 15 rings (SSSR count). The van der Waals surface area contributed by atoms with E-state index in [0.29, 0.717) is 23.3 Å². The minimum absolute atomic E-state index is 0. The topological polar surface area (TPSA) is 33.5 Å². The summed E-state index contributed by atoms with van der Waals surface area (Å²) in [5, 5.41) is 7.66. The molecule has 5 nitrogen and oxygen atoms in total. The Morgan fingerprint density at radius 1 is 0.554 bits per heavy atom. The van der Waals surface area contributed by atoms with Gasteiger partial charge in [0.25, 0.3) is 0 Å². The second-order valence-corrected chi connectivity index (χ2v) is 23.7. The molecule has 74 heavy (non-hydrogen) atoms. The largest absolute Gasteiger partial charge is 0.509 e. The second-order valence-electron chi connectivity index (χ2n) is 23.7. The maximum Gasteiger partial charge on any atom is 0.135 e. The summed E-state index contributed by atoms with van der Waals surface area (Å²) in [7, 11) is 0. The number of ether oxygens (including phenoxy) is 1. The number of aromatic nitrogens is 2. The fraction of sp³-hybridized carbons (Fsp3) is 0.265. The van der Waals surface area contributed by atoms with Crippen molar-refractivity contribution in [3.63, 3.8) is 0 Å². The fourth-order valence-electron chi connectivity index (χ4n) is 14.6. The third-order valence-electron chi connectivity index (χ3n) is 17.4. The van der Waals surface area contributed by atoms with E-state index in [2.05, 4.69) is 233 Å². The first-order valence-electron chi connectivity index (χ1n) is 26.6. The Kier molecular flexibility index (Phi) is 11.1. The van der Waals surface area contributed by atoms with Gasteiger partial charge < -0.3 is 19.1 Å². The Hall–Kier alpha value is -6.68. The molecule has 0 saturated heterocycles. The van der Waals surface area contributed by atoms with Crippen molar-refractivity contribution >= 4 is 66.1 Å². The number of para-hydroxylation sites is 4. The van der Waals surface area contributed by atoms with Gasteiger partial charge in [0.15, 0.2) is 0 Å². The van der Waals surface area contributed by atoms with Gasteiger partial charge in [-0.2, -0.15) is 12.1 Å². The third kappa shape index (κ3) is 7.31. The maximum absolute atomic E-state index is 6.83. The molecule has 2 aromatic heterocycles. The van der Waals surface area contributed by atoms with Crippen LogP contribution < -0.4 is 14.5 Å². The maximum atomic E-state index is 6.83. The molecule has 1 aliphatic heterocycles. The summed E-state index contributed by atoms with van der Waals surface area (Å²) in [4.78, 5) is 9.89. The summed E-state index contributed by atoms with van der Waals surface area (Å²) in [5.41, 5.74) is 11.7. The van der Waals surface area contributed by atoms with Gasteiger partial charge in [0.1, 0.15) is 5.82 Å². The first-order chi connectivity index (χ1) is 35.4. The monoisotopic (exact) mass is 1140 g/mol. The van der Waals surface area contributed by atoms with Gasteiger partial charge in [-0.15, -0.1) is 48.1 Å². The summed E-state index contributed by atoms with van der Waals surface area (Å²) in [6, 6.07) is 67.7. The molecule has 4 bridgehead atoms. The number of pyridine rings is 1. The summed E-state index contributed by atoms with van der Waals surface area (Å²) in [5.74, 6) is 4.96. The number of rotatable bonds is 7. The number of fused-ring (bicyclic) bond motifs is 7. The van der Waals surface area contributed by atoms with Gasteiger partial charge in [-0.05, 0) is 146 Å². The Balaban J connectivity index is 0.00000528. The van der Waals surface area contributed by atoms with Crippen molar-refractivity contribution in [1.82, 2.24) is 9.55 Å². The zero-order valence-electron chi connectivity index (χ0n) is 43.1. The van der Waals surface area contributed by atoms with Crippen molar-refractivity contribution in [2.24, 2.45) is 23.7 Å². The van der Waals surface area contributed by atoms with E-state index >= 15 is 0 Å². The molecule has 4 saturated carbocycles. The molecule has 0 radical (unpaired) electrons. The molecule has 8 aromatic carbocycles. The Bertz CT molecular complexity index is 3780. The fourth-order valence-corrected chi connectivity index (χ4v) is 14.6. The van der Waals surface area contributed by atoms with Gasteiger partial charge in [-0.1, -0.05) is 150 Å². The normalized spacial score (nSPS) is 21.2. The van der Waals surface area contributed by atoms with Crippen LogP contribution in [-0.2, 0) is 37.3 Å². The van der Waals surface area contributed by atoms with Crippen molar-refractivity contribution in [2.75, 3.05) is 9.80 Å². The number of anilines is 4. The van der Waals surface area contributed by atoms with Crippen molar-refractivity contribution < 1.29 is 25.8 Å². The second kappa shape index (κ2) is 17.5. The van der Waals surface area contributed by atoms with Crippen molar-refractivity contribution in [2.45, 2.75) is 89.9 Å². The van der Waals surface area contributed by atoms with Crippen LogP contribution in [0.3, 0.4) is 0 Å². The number of nitrogens with zero attached hydrogens (tertiary/aromatic N) is 4. The standard InChI is InChI=1S/C68H61N4O.Pt/c1-66(2,3)58-23-15-24-59(67(4,5)6)65(58)71-42-70(61-26-11-12-27-62(61)71)49-17-13-18-50(40-49)73-51-29-31-56-55-20-9-10-25-60(55)72(63(56)41-51)64-39-46(32-33-69-64)68(47-35-43-34-44(37-47)38-48(68)36-43)57-22-14-21-53-52-19-8-7-16-45(52)28-30-54(53)57;/h7-33,39,42-44,47-48H,34-38H2,1-6H3;/q-3;. The van der Waals surface area contributed by atoms with Gasteiger partial charge in [-0.3, -0.25) is 0 Å². The molecule has 10 aromatic rings. The van der Waals surface area contributed by atoms with Crippen LogP contribution in [0.5, 0.6) is 11.5 Å². The van der Waals surface area contributed by atoms with Crippen LogP contribution in [0.4, 0.5) is 22.7 Å². The number of benzene rings is 8. The van der Waals surface area contributed by atoms with E-state index in [1.165, 1.54) is 87.0 Å². The van der Waals surface area contributed by atoms with E-state index in [0.717, 1.165) is 51.1 Å². The van der Waals surface area contributed by atoms with E-state index in [1.54, 1.807) is 0 Å². The van der Waals surface area contributed by atoms with Crippen LogP contribution in [0.1, 0.15) is 95.9 Å². The van der Waals surface area contributed by atoms with Gasteiger partial charge >= 0.3 is 0 Å². The van der Waals surface area contributed by atoms with Gasteiger partial charge in [0, 0.05) is 66.8 Å². The molecule has 5 aliphatic rings. The van der Waals surface area contributed by atoms with Crippen LogP contribution in [0.25, 0.3) is 49.2 Å². The predicted octanol–water partition coefficient (Wildman–Crippen LogP) is 17.6. The predicted molar refractivity (Wildman–Crippen MR) is 301 cm³/mol. The molecular formula is C68H61N4OPt-3. The average molecular weight is 1150 g/mol. The van der Waals surface area contributed by atoms with E-state index in [4.69, 9.17) is 9.72 Å². The Morgan fingerprint density at radius 2 is 1.18 bits per heavy atom. The SMILES string of the molecule is CC(C)(C)c1cccc(C(C)(C)C)c1N1[CH-]N(c2[c-]c(Oc3[c-]c4c(cc3)c3ccccc3n4-c3cc(C4(c5cccc6c5ccc5ccccc56)C5CC6CC(C5)CC4C6)ccn3)ccc2)c2ccccc21.[Pt]. The van der Waals surface area contributed by atoms with Gasteiger partial charge in [0.2, 0.25) is 0 Å². The summed E-state index contributed by atoms with van der Waals surface area (Å²) < 4.78 is 9.16. The third-order valence-corrected chi connectivity index (χ3v) is 17.4. The van der Waals surface area contributed by atoms with Gasteiger partial charge in [-0.25, -0.2) is 4.98 Å². The molecule has 0 amide bonds. The van der Waals surface area contributed by atoms with Crippen LogP contribution in [0.15, 0.2) is 170 Å². The van der Waals surface area contributed by atoms with Crippen LogP contribution >= 0.6 is 0 Å². The Labute approximate surface area is 450 Å². The molecular weight excluding hydrogens is 1080 g/mol. The van der Waals surface area contributed by atoms with Crippen LogP contribution in [0, 0.1) is 42.5 Å².